The lowest BCUT2D eigenvalue weighted by atomic mass is 10.2. The maximum Gasteiger partial charge on any atom is 0.0497 e. The number of rotatable bonds is 2. The summed E-state index contributed by atoms with van der Waals surface area (Å²) in [5.74, 6) is 0. The number of azo groups is 1. The molecule has 0 amide bonds. The number of hydrogen-bond acceptors (Lipinski definition) is 2. The van der Waals surface area contributed by atoms with E-state index in [-0.39, 0.29) is 0 Å². The quantitative estimate of drug-likeness (QED) is 0.573. The largest absolute Gasteiger partial charge is 0.193 e. The highest BCUT2D eigenvalue weighted by Gasteiger charge is 1.79. The van der Waals surface area contributed by atoms with Gasteiger partial charge in [0.15, 0.2) is 0 Å². The third-order valence-corrected chi connectivity index (χ3v) is 1.25. The highest BCUT2D eigenvalue weighted by molar-refractivity contribution is 5.48. The average Bonchev–Trinajstić information content (AvgIpc) is 2.07. The summed E-state index contributed by atoms with van der Waals surface area (Å²) in [6.07, 6.45) is 3.59. The fourth-order valence-electron chi connectivity index (χ4n) is 0.750. The molecule has 0 N–H and O–H groups in total. The molecule has 2 nitrogen and oxygen atoms in total. The van der Waals surface area contributed by atoms with E-state index in [0.29, 0.717) is 0 Å². The summed E-state index contributed by atoms with van der Waals surface area (Å²) in [5, 5.41) is 7.30. The van der Waals surface area contributed by atoms with Crippen molar-refractivity contribution in [1.29, 1.82) is 0 Å². The Morgan fingerprint density at radius 1 is 1.18 bits per heavy atom. The van der Waals surface area contributed by atoms with Crippen molar-refractivity contribution in [2.24, 2.45) is 10.2 Å². The molecule has 0 saturated heterocycles. The van der Waals surface area contributed by atoms with E-state index in [1.807, 2.05) is 36.4 Å². The van der Waals surface area contributed by atoms with Crippen LogP contribution in [0.15, 0.2) is 46.8 Å². The van der Waals surface area contributed by atoms with Gasteiger partial charge in [-0.15, -0.1) is 0 Å². The Balaban J connectivity index is 2.64. The Morgan fingerprint density at radius 3 is 2.55 bits per heavy atom. The molecule has 0 bridgehead atoms. The molecule has 1 rings (SSSR count). The van der Waals surface area contributed by atoms with Crippen LogP contribution in [0.5, 0.6) is 0 Å². The van der Waals surface area contributed by atoms with Crippen LogP contribution in [0.25, 0.3) is 6.08 Å². The first-order valence-corrected chi connectivity index (χ1v) is 3.44. The molecule has 0 unspecified atom stereocenters. The van der Waals surface area contributed by atoms with Crippen LogP contribution in [0.3, 0.4) is 0 Å². The van der Waals surface area contributed by atoms with Gasteiger partial charge in [0, 0.05) is 13.2 Å². The van der Waals surface area contributed by atoms with Gasteiger partial charge in [-0.25, -0.2) is 0 Å². The van der Waals surface area contributed by atoms with Gasteiger partial charge in [0.25, 0.3) is 0 Å². The van der Waals surface area contributed by atoms with Gasteiger partial charge in [0.1, 0.15) is 0 Å². The Bertz CT molecular complexity index is 250. The lowest BCUT2D eigenvalue weighted by molar-refractivity contribution is 1.17. The zero-order chi connectivity index (χ0) is 7.94. The molecule has 2 heteroatoms. The van der Waals surface area contributed by atoms with Gasteiger partial charge >= 0.3 is 0 Å². The normalized spacial score (nSPS) is 11.4. The van der Waals surface area contributed by atoms with Crippen LogP contribution in [0.2, 0.25) is 0 Å². The zero-order valence-corrected chi connectivity index (χ0v) is 6.44. The van der Waals surface area contributed by atoms with Crippen molar-refractivity contribution in [3.05, 3.63) is 42.1 Å². The molecule has 0 radical (unpaired) electrons. The molecule has 0 aliphatic heterocycles. The second kappa shape index (κ2) is 4.39. The van der Waals surface area contributed by atoms with Crippen molar-refractivity contribution in [2.45, 2.75) is 0 Å². The summed E-state index contributed by atoms with van der Waals surface area (Å²) in [6.45, 7) is 0. The van der Waals surface area contributed by atoms with Crippen molar-refractivity contribution in [3.8, 4) is 0 Å². The lowest BCUT2D eigenvalue weighted by Crippen LogP contribution is -1.66. The monoisotopic (exact) mass is 146 g/mol. The molecule has 0 heterocycles. The molecule has 0 spiro atoms. The number of benzene rings is 1. The van der Waals surface area contributed by atoms with Gasteiger partial charge in [-0.1, -0.05) is 30.3 Å². The summed E-state index contributed by atoms with van der Waals surface area (Å²) in [6, 6.07) is 9.99. The van der Waals surface area contributed by atoms with Gasteiger partial charge in [0.05, 0.1) is 0 Å². The van der Waals surface area contributed by atoms with E-state index in [2.05, 4.69) is 10.2 Å². The van der Waals surface area contributed by atoms with E-state index < -0.39 is 0 Å². The molecule has 0 aromatic heterocycles. The van der Waals surface area contributed by atoms with Crippen molar-refractivity contribution >= 4 is 6.08 Å². The first-order valence-electron chi connectivity index (χ1n) is 3.44. The molecule has 0 fully saturated rings. The standard InChI is InChI=1S/C9H10N2/c1-10-11-8-7-9-5-3-2-4-6-9/h2-8H,1H3. The van der Waals surface area contributed by atoms with E-state index in [1.165, 1.54) is 0 Å². The number of nitrogens with zero attached hydrogens (tertiary/aromatic N) is 2. The van der Waals surface area contributed by atoms with E-state index >= 15 is 0 Å². The highest BCUT2D eigenvalue weighted by Crippen LogP contribution is 2.00. The van der Waals surface area contributed by atoms with E-state index in [4.69, 9.17) is 0 Å². The van der Waals surface area contributed by atoms with Gasteiger partial charge in [0.2, 0.25) is 0 Å². The Labute approximate surface area is 66.3 Å². The Morgan fingerprint density at radius 2 is 1.91 bits per heavy atom. The first kappa shape index (κ1) is 7.66. The first-order chi connectivity index (χ1) is 5.43. The second-order valence-corrected chi connectivity index (χ2v) is 2.04. The van der Waals surface area contributed by atoms with Crippen LogP contribution in [-0.4, -0.2) is 7.05 Å². The minimum Gasteiger partial charge on any atom is -0.193 e. The van der Waals surface area contributed by atoms with Crippen LogP contribution >= 0.6 is 0 Å². The van der Waals surface area contributed by atoms with Crippen LogP contribution in [0.1, 0.15) is 5.56 Å². The SMILES string of the molecule is CN=NC=Cc1ccccc1. The molecular formula is C9H10N2. The highest BCUT2D eigenvalue weighted by atomic mass is 15.1. The fourth-order valence-corrected chi connectivity index (χ4v) is 0.750. The fraction of sp³-hybridized carbons (Fsp3) is 0.111. The van der Waals surface area contributed by atoms with E-state index in [9.17, 15) is 0 Å². The Kier molecular flexibility index (Phi) is 3.06. The topological polar surface area (TPSA) is 24.7 Å². The summed E-state index contributed by atoms with van der Waals surface area (Å²) in [5.41, 5.74) is 1.14. The molecule has 0 atom stereocenters. The van der Waals surface area contributed by atoms with Crippen LogP contribution in [0.4, 0.5) is 0 Å². The van der Waals surface area contributed by atoms with Gasteiger partial charge in [-0.2, -0.15) is 10.2 Å². The maximum atomic E-state index is 3.71. The third-order valence-electron chi connectivity index (χ3n) is 1.25. The second-order valence-electron chi connectivity index (χ2n) is 2.04. The molecule has 1 aromatic carbocycles. The molecular weight excluding hydrogens is 136 g/mol. The predicted molar refractivity (Wildman–Crippen MR) is 46.3 cm³/mol. The minimum absolute atomic E-state index is 1.14. The molecule has 0 aliphatic carbocycles. The van der Waals surface area contributed by atoms with Crippen LogP contribution in [-0.2, 0) is 0 Å². The molecule has 0 aliphatic rings. The van der Waals surface area contributed by atoms with Gasteiger partial charge < -0.3 is 0 Å². The predicted octanol–water partition coefficient (Wildman–Crippen LogP) is 2.74. The third kappa shape index (κ3) is 2.76. The summed E-state index contributed by atoms with van der Waals surface area (Å²) in [4.78, 5) is 0. The van der Waals surface area contributed by atoms with Gasteiger partial charge in [-0.05, 0) is 11.6 Å². The lowest BCUT2D eigenvalue weighted by Gasteiger charge is -1.87. The van der Waals surface area contributed by atoms with Crippen molar-refractivity contribution in [2.75, 3.05) is 7.05 Å². The van der Waals surface area contributed by atoms with Crippen LogP contribution in [0, 0.1) is 0 Å². The maximum absolute atomic E-state index is 3.71. The van der Waals surface area contributed by atoms with Crippen LogP contribution < -0.4 is 0 Å². The average molecular weight is 146 g/mol. The molecule has 0 saturated carbocycles. The van der Waals surface area contributed by atoms with Crippen molar-refractivity contribution < 1.29 is 0 Å². The van der Waals surface area contributed by atoms with E-state index in [1.54, 1.807) is 13.2 Å². The van der Waals surface area contributed by atoms with E-state index in [0.717, 1.165) is 5.56 Å². The number of hydrogen-bond donors (Lipinski definition) is 0. The van der Waals surface area contributed by atoms with Gasteiger partial charge in [-0.3, -0.25) is 0 Å². The minimum atomic E-state index is 1.14. The molecule has 56 valence electrons. The Hall–Kier alpha value is -1.44. The molecule has 11 heavy (non-hydrogen) atoms. The summed E-state index contributed by atoms with van der Waals surface area (Å²) < 4.78 is 0. The van der Waals surface area contributed by atoms with Crippen molar-refractivity contribution in [3.63, 3.8) is 0 Å². The summed E-state index contributed by atoms with van der Waals surface area (Å²) >= 11 is 0. The smallest absolute Gasteiger partial charge is 0.0497 e. The van der Waals surface area contributed by atoms with Crippen molar-refractivity contribution in [1.82, 2.24) is 0 Å². The molecule has 1 aromatic rings. The zero-order valence-electron chi connectivity index (χ0n) is 6.44. The summed E-state index contributed by atoms with van der Waals surface area (Å²) in [7, 11) is 1.65.